The van der Waals surface area contributed by atoms with Crippen LogP contribution in [0.15, 0.2) is 36.5 Å². The lowest BCUT2D eigenvalue weighted by molar-refractivity contribution is -0.121. The van der Waals surface area contributed by atoms with Gasteiger partial charge in [0.25, 0.3) is 0 Å². The molecule has 2 unspecified atom stereocenters. The molecule has 4 rings (SSSR count). The van der Waals surface area contributed by atoms with Gasteiger partial charge in [-0.05, 0) is 42.9 Å². The van der Waals surface area contributed by atoms with E-state index in [1.165, 1.54) is 11.1 Å². The number of nitrogens with one attached hydrogen (secondary N) is 1. The number of nitrogens with zero attached hydrogens (tertiary/aromatic N) is 2. The number of carbonyl (C=O) groups excluding carboxylic acids is 1. The van der Waals surface area contributed by atoms with E-state index in [-0.39, 0.29) is 23.0 Å². The second-order valence-corrected chi connectivity index (χ2v) is 8.85. The highest BCUT2D eigenvalue weighted by Gasteiger charge is 2.60. The van der Waals surface area contributed by atoms with Crippen LogP contribution < -0.4 is 4.72 Å². The van der Waals surface area contributed by atoms with Crippen molar-refractivity contribution in [3.8, 4) is 0 Å². The van der Waals surface area contributed by atoms with Crippen molar-refractivity contribution < 1.29 is 13.2 Å². The molecule has 0 bridgehead atoms. The molecule has 132 valence electrons. The Bertz CT molecular complexity index is 935. The van der Waals surface area contributed by atoms with Gasteiger partial charge in [-0.1, -0.05) is 24.3 Å². The number of amides is 1. The molecule has 0 radical (unpaired) electrons. The van der Waals surface area contributed by atoms with Crippen LogP contribution in [0.5, 0.6) is 0 Å². The summed E-state index contributed by atoms with van der Waals surface area (Å²) in [6.45, 7) is 0. The number of aryl methyl sites for hydroxylation is 2. The molecule has 1 fully saturated rings. The minimum atomic E-state index is -3.73. The predicted molar refractivity (Wildman–Crippen MR) is 93.1 cm³/mol. The predicted octanol–water partition coefficient (Wildman–Crippen LogP) is 1.66. The molecule has 2 atom stereocenters. The van der Waals surface area contributed by atoms with Gasteiger partial charge < -0.3 is 0 Å². The topological polar surface area (TPSA) is 81.1 Å². The minimum absolute atomic E-state index is 0.167. The molecule has 1 N–H and O–H groups in total. The monoisotopic (exact) mass is 359 g/mol. The van der Waals surface area contributed by atoms with Crippen LogP contribution in [0.2, 0.25) is 0 Å². The smallest absolute Gasteiger partial charge is 0.240 e. The van der Waals surface area contributed by atoms with Crippen LogP contribution in [0.3, 0.4) is 0 Å². The number of benzene rings is 1. The maximum absolute atomic E-state index is 12.6. The van der Waals surface area contributed by atoms with Crippen molar-refractivity contribution in [1.82, 2.24) is 14.5 Å². The van der Waals surface area contributed by atoms with E-state index in [1.54, 1.807) is 24.0 Å². The maximum atomic E-state index is 12.6. The molecule has 7 heteroatoms. The molecular formula is C18H21N3O3S. The Kier molecular flexibility index (Phi) is 3.72. The summed E-state index contributed by atoms with van der Waals surface area (Å²) in [5, 5.41) is 4.06. The van der Waals surface area contributed by atoms with Crippen LogP contribution in [0.1, 0.15) is 36.1 Å². The van der Waals surface area contributed by atoms with Crippen LogP contribution in [0, 0.1) is 5.92 Å². The van der Waals surface area contributed by atoms with Gasteiger partial charge in [0.05, 0.1) is 5.69 Å². The highest BCUT2D eigenvalue weighted by atomic mass is 32.2. The largest absolute Gasteiger partial charge is 0.276 e. The number of hydrogen-bond acceptors (Lipinski definition) is 4. The van der Waals surface area contributed by atoms with E-state index in [9.17, 15) is 13.2 Å². The van der Waals surface area contributed by atoms with Gasteiger partial charge in [0.15, 0.2) is 0 Å². The van der Waals surface area contributed by atoms with Gasteiger partial charge in [0.1, 0.15) is 5.75 Å². The van der Waals surface area contributed by atoms with Gasteiger partial charge in [0.2, 0.25) is 15.9 Å². The highest BCUT2D eigenvalue weighted by molar-refractivity contribution is 7.89. The number of hydrogen-bond donors (Lipinski definition) is 1. The molecule has 1 saturated carbocycles. The van der Waals surface area contributed by atoms with Gasteiger partial charge >= 0.3 is 0 Å². The molecule has 1 amide bonds. The van der Waals surface area contributed by atoms with Gasteiger partial charge in [-0.2, -0.15) is 5.10 Å². The van der Waals surface area contributed by atoms with Crippen molar-refractivity contribution >= 4 is 15.9 Å². The molecule has 0 aliphatic heterocycles. The third-order valence-corrected chi connectivity index (χ3v) is 6.57. The quantitative estimate of drug-likeness (QED) is 0.900. The molecule has 2 aromatic rings. The third-order valence-electron chi connectivity index (χ3n) is 5.38. The first-order chi connectivity index (χ1) is 11.9. The van der Waals surface area contributed by atoms with E-state index in [1.807, 2.05) is 12.1 Å². The standard InChI is InChI=1S/C18H21N3O3S/c1-21-10-8-14(19-21)12-25(23,24)20-17(22)16-11-18(16)9-4-6-13-5-2-3-7-15(13)18/h2-3,5,7-8,10,16H,4,6,9,11-12H2,1H3,(H,20,22). The number of rotatable bonds is 4. The summed E-state index contributed by atoms with van der Waals surface area (Å²) in [6.07, 6.45) is 5.44. The highest BCUT2D eigenvalue weighted by Crippen LogP contribution is 2.60. The Hall–Kier alpha value is -2.15. The molecule has 0 saturated heterocycles. The SMILES string of the molecule is Cn1ccc(CS(=O)(=O)NC(=O)C2CC23CCCc2ccccc23)n1. The first kappa shape index (κ1) is 16.3. The van der Waals surface area contributed by atoms with Crippen molar-refractivity contribution in [2.75, 3.05) is 0 Å². The molecule has 1 spiro atoms. The molecular weight excluding hydrogens is 338 g/mol. The second-order valence-electron chi connectivity index (χ2n) is 7.13. The summed E-state index contributed by atoms with van der Waals surface area (Å²) in [7, 11) is -2.01. The fraction of sp³-hybridized carbons (Fsp3) is 0.444. The van der Waals surface area contributed by atoms with E-state index < -0.39 is 10.0 Å². The fourth-order valence-electron chi connectivity index (χ4n) is 4.17. The molecule has 25 heavy (non-hydrogen) atoms. The zero-order valence-corrected chi connectivity index (χ0v) is 14.9. The van der Waals surface area contributed by atoms with Crippen molar-refractivity contribution in [3.63, 3.8) is 0 Å². The zero-order chi connectivity index (χ0) is 17.7. The van der Waals surface area contributed by atoms with Crippen molar-refractivity contribution in [3.05, 3.63) is 53.3 Å². The molecule has 1 heterocycles. The van der Waals surface area contributed by atoms with E-state index in [0.29, 0.717) is 5.69 Å². The van der Waals surface area contributed by atoms with Gasteiger partial charge in [0, 0.05) is 24.6 Å². The first-order valence-electron chi connectivity index (χ1n) is 8.51. The Morgan fingerprint density at radius 1 is 1.36 bits per heavy atom. The van der Waals surface area contributed by atoms with Crippen LogP contribution in [-0.2, 0) is 39.5 Å². The third kappa shape index (κ3) is 2.97. The number of sulfonamides is 1. The Labute approximate surface area is 147 Å². The Morgan fingerprint density at radius 2 is 2.16 bits per heavy atom. The number of carbonyl (C=O) groups is 1. The summed E-state index contributed by atoms with van der Waals surface area (Å²) in [5.41, 5.74) is 2.78. The average Bonchev–Trinajstić information content (AvgIpc) is 3.14. The first-order valence-corrected chi connectivity index (χ1v) is 10.2. The summed E-state index contributed by atoms with van der Waals surface area (Å²) >= 11 is 0. The lowest BCUT2D eigenvalue weighted by atomic mass is 9.78. The van der Waals surface area contributed by atoms with E-state index >= 15 is 0 Å². The molecule has 1 aromatic heterocycles. The summed E-state index contributed by atoms with van der Waals surface area (Å²) in [4.78, 5) is 12.6. The fourth-order valence-corrected chi connectivity index (χ4v) is 5.24. The lowest BCUT2D eigenvalue weighted by Gasteiger charge is -2.26. The van der Waals surface area contributed by atoms with E-state index in [4.69, 9.17) is 0 Å². The molecule has 6 nitrogen and oxygen atoms in total. The molecule has 2 aliphatic rings. The van der Waals surface area contributed by atoms with Gasteiger partial charge in [-0.15, -0.1) is 0 Å². The molecule has 2 aliphatic carbocycles. The summed E-state index contributed by atoms with van der Waals surface area (Å²) < 4.78 is 28.4. The maximum Gasteiger partial charge on any atom is 0.240 e. The zero-order valence-electron chi connectivity index (χ0n) is 14.1. The second kappa shape index (κ2) is 5.69. The van der Waals surface area contributed by atoms with Gasteiger partial charge in [-0.25, -0.2) is 8.42 Å². The van der Waals surface area contributed by atoms with Crippen molar-refractivity contribution in [1.29, 1.82) is 0 Å². The lowest BCUT2D eigenvalue weighted by Crippen LogP contribution is -2.35. The van der Waals surface area contributed by atoms with Gasteiger partial charge in [-0.3, -0.25) is 14.2 Å². The molecule has 1 aromatic carbocycles. The summed E-state index contributed by atoms with van der Waals surface area (Å²) in [5.74, 6) is -0.921. The van der Waals surface area contributed by atoms with Crippen LogP contribution >= 0.6 is 0 Å². The average molecular weight is 359 g/mol. The van der Waals surface area contributed by atoms with Crippen LogP contribution in [0.4, 0.5) is 0 Å². The summed E-state index contributed by atoms with van der Waals surface area (Å²) in [6, 6.07) is 9.86. The normalized spacial score (nSPS) is 24.8. The Morgan fingerprint density at radius 3 is 2.92 bits per heavy atom. The van der Waals surface area contributed by atoms with Crippen LogP contribution in [-0.4, -0.2) is 24.1 Å². The number of fused-ring (bicyclic) bond motifs is 2. The van der Waals surface area contributed by atoms with Crippen molar-refractivity contribution in [2.24, 2.45) is 13.0 Å². The van der Waals surface area contributed by atoms with E-state index in [2.05, 4.69) is 22.0 Å². The Balaban J connectivity index is 1.48. The van der Waals surface area contributed by atoms with E-state index in [0.717, 1.165) is 25.7 Å². The van der Waals surface area contributed by atoms with Crippen LogP contribution in [0.25, 0.3) is 0 Å². The minimum Gasteiger partial charge on any atom is -0.276 e. The van der Waals surface area contributed by atoms with Crippen molar-refractivity contribution in [2.45, 2.75) is 36.9 Å². The number of aromatic nitrogens is 2.